The zero-order valence-corrected chi connectivity index (χ0v) is 27.8. The van der Waals surface area contributed by atoms with Gasteiger partial charge in [-0.25, -0.2) is 0 Å². The van der Waals surface area contributed by atoms with Crippen LogP contribution in [0.2, 0.25) is 0 Å². The second-order valence-corrected chi connectivity index (χ2v) is 15.9. The van der Waals surface area contributed by atoms with Crippen molar-refractivity contribution in [2.45, 2.75) is 124 Å². The summed E-state index contributed by atoms with van der Waals surface area (Å²) in [4.78, 5) is 0. The van der Waals surface area contributed by atoms with Crippen LogP contribution in [0.4, 0.5) is 0 Å². The highest BCUT2D eigenvalue weighted by molar-refractivity contribution is 5.28. The van der Waals surface area contributed by atoms with Gasteiger partial charge < -0.3 is 9.47 Å². The molecule has 234 valence electrons. The summed E-state index contributed by atoms with van der Waals surface area (Å²) in [5.41, 5.74) is 4.94. The Labute approximate surface area is 263 Å². The van der Waals surface area contributed by atoms with Gasteiger partial charge in [0.25, 0.3) is 0 Å². The van der Waals surface area contributed by atoms with Crippen LogP contribution in [0, 0.1) is 46.3 Å². The van der Waals surface area contributed by atoms with E-state index in [1.165, 1.54) is 68.9 Å². The van der Waals surface area contributed by atoms with Gasteiger partial charge in [-0.3, -0.25) is 0 Å². The largest absolute Gasteiger partial charge is 0.373 e. The first-order valence-electron chi connectivity index (χ1n) is 17.8. The molecule has 0 amide bonds. The molecule has 2 aromatic rings. The van der Waals surface area contributed by atoms with Crippen LogP contribution in [0.3, 0.4) is 0 Å². The molecule has 3 fully saturated rings. The van der Waals surface area contributed by atoms with Crippen LogP contribution in [-0.2, 0) is 22.7 Å². The van der Waals surface area contributed by atoms with E-state index in [9.17, 15) is 0 Å². The van der Waals surface area contributed by atoms with Crippen molar-refractivity contribution in [2.75, 3.05) is 0 Å². The Morgan fingerprint density at radius 1 is 0.744 bits per heavy atom. The number of benzene rings is 2. The molecule has 2 nitrogen and oxygen atoms in total. The molecule has 9 atom stereocenters. The Morgan fingerprint density at radius 2 is 1.42 bits per heavy atom. The summed E-state index contributed by atoms with van der Waals surface area (Å²) in [6, 6.07) is 21.5. The van der Waals surface area contributed by atoms with E-state index in [4.69, 9.17) is 9.47 Å². The van der Waals surface area contributed by atoms with Crippen LogP contribution in [0.5, 0.6) is 0 Å². The molecule has 4 aliphatic rings. The fourth-order valence-electron chi connectivity index (χ4n) is 10.5. The SMILES string of the molecule is CC(C)CCC[C@H](C)[C@@H]1CC[C@@H]2[C@@H]3[C@@H](CC[C@]21C)[C@@]1(C)CC[C@H](OCc2ccccc2)CC1=C[C@H]3OCc1ccccc1. The zero-order chi connectivity index (χ0) is 30.0. The summed E-state index contributed by atoms with van der Waals surface area (Å²) >= 11 is 0. The van der Waals surface area contributed by atoms with Crippen molar-refractivity contribution < 1.29 is 9.47 Å². The first-order valence-corrected chi connectivity index (χ1v) is 17.8. The van der Waals surface area contributed by atoms with Crippen LogP contribution in [-0.4, -0.2) is 12.2 Å². The van der Waals surface area contributed by atoms with E-state index in [0.29, 0.717) is 30.7 Å². The van der Waals surface area contributed by atoms with Gasteiger partial charge in [0, 0.05) is 0 Å². The van der Waals surface area contributed by atoms with Crippen molar-refractivity contribution in [1.82, 2.24) is 0 Å². The van der Waals surface area contributed by atoms with Crippen molar-refractivity contribution in [1.29, 1.82) is 0 Å². The minimum Gasteiger partial charge on any atom is -0.373 e. The van der Waals surface area contributed by atoms with E-state index in [-0.39, 0.29) is 11.5 Å². The first kappa shape index (κ1) is 31.1. The number of hydrogen-bond acceptors (Lipinski definition) is 2. The van der Waals surface area contributed by atoms with Crippen molar-refractivity contribution in [3.8, 4) is 0 Å². The summed E-state index contributed by atoms with van der Waals surface area (Å²) in [6.07, 6.45) is 16.4. The molecule has 0 saturated heterocycles. The summed E-state index contributed by atoms with van der Waals surface area (Å²) in [6.45, 7) is 14.1. The molecule has 0 radical (unpaired) electrons. The van der Waals surface area contributed by atoms with E-state index in [0.717, 1.165) is 36.0 Å². The lowest BCUT2D eigenvalue weighted by Crippen LogP contribution is -2.55. The Balaban J connectivity index is 1.24. The molecule has 4 aliphatic carbocycles. The van der Waals surface area contributed by atoms with Crippen molar-refractivity contribution in [3.05, 3.63) is 83.4 Å². The third-order valence-corrected chi connectivity index (χ3v) is 12.9. The van der Waals surface area contributed by atoms with Crippen LogP contribution in [0.25, 0.3) is 0 Å². The summed E-state index contributed by atoms with van der Waals surface area (Å²) in [5.74, 6) is 4.63. The minimum atomic E-state index is 0.209. The van der Waals surface area contributed by atoms with Gasteiger partial charge in [0.05, 0.1) is 25.4 Å². The molecule has 0 aliphatic heterocycles. The Kier molecular flexibility index (Phi) is 9.56. The van der Waals surface area contributed by atoms with Crippen molar-refractivity contribution in [3.63, 3.8) is 0 Å². The highest BCUT2D eigenvalue weighted by Gasteiger charge is 2.61. The smallest absolute Gasteiger partial charge is 0.0797 e. The van der Waals surface area contributed by atoms with E-state index < -0.39 is 0 Å². The third kappa shape index (κ3) is 6.44. The molecule has 6 rings (SSSR count). The van der Waals surface area contributed by atoms with Gasteiger partial charge in [-0.15, -0.1) is 0 Å². The van der Waals surface area contributed by atoms with Crippen LogP contribution in [0.15, 0.2) is 72.3 Å². The molecule has 0 heterocycles. The van der Waals surface area contributed by atoms with Gasteiger partial charge in [-0.2, -0.15) is 0 Å². The molecule has 0 bridgehead atoms. The lowest BCUT2D eigenvalue weighted by atomic mass is 9.46. The topological polar surface area (TPSA) is 18.5 Å². The number of rotatable bonds is 11. The van der Waals surface area contributed by atoms with Gasteiger partial charge in [-0.1, -0.05) is 126 Å². The molecular formula is C41H58O2. The van der Waals surface area contributed by atoms with Crippen LogP contribution >= 0.6 is 0 Å². The predicted molar refractivity (Wildman–Crippen MR) is 178 cm³/mol. The molecule has 0 N–H and O–H groups in total. The maximum Gasteiger partial charge on any atom is 0.0797 e. The normalized spacial score (nSPS) is 36.0. The number of hydrogen-bond donors (Lipinski definition) is 0. The molecule has 0 unspecified atom stereocenters. The highest BCUT2D eigenvalue weighted by Crippen LogP contribution is 2.67. The lowest BCUT2D eigenvalue weighted by molar-refractivity contribution is -0.121. The average molecular weight is 583 g/mol. The molecule has 2 aromatic carbocycles. The molecule has 0 spiro atoms. The molecule has 43 heavy (non-hydrogen) atoms. The number of ether oxygens (including phenoxy) is 2. The van der Waals surface area contributed by atoms with E-state index >= 15 is 0 Å². The monoisotopic (exact) mass is 582 g/mol. The van der Waals surface area contributed by atoms with Gasteiger partial charge in [-0.05, 0) is 102 Å². The summed E-state index contributed by atoms with van der Waals surface area (Å²) in [5, 5.41) is 0. The summed E-state index contributed by atoms with van der Waals surface area (Å²) < 4.78 is 13.6. The second kappa shape index (κ2) is 13.2. The highest BCUT2D eigenvalue weighted by atomic mass is 16.5. The molecule has 3 saturated carbocycles. The fourth-order valence-corrected chi connectivity index (χ4v) is 10.5. The Morgan fingerprint density at radius 3 is 2.09 bits per heavy atom. The van der Waals surface area contributed by atoms with E-state index in [1.807, 2.05) is 0 Å². The van der Waals surface area contributed by atoms with Crippen LogP contribution < -0.4 is 0 Å². The Hall–Kier alpha value is -1.90. The Bertz CT molecular complexity index is 1200. The fraction of sp³-hybridized carbons (Fsp3) is 0.659. The maximum atomic E-state index is 7.02. The van der Waals surface area contributed by atoms with E-state index in [2.05, 4.69) is 101 Å². The zero-order valence-electron chi connectivity index (χ0n) is 27.8. The van der Waals surface area contributed by atoms with Gasteiger partial charge in [0.1, 0.15) is 0 Å². The standard InChI is InChI=1S/C41H58O2/c1-29(2)13-12-14-30(3)35-19-20-36-39-37(22-24-41(35,36)5)40(4)23-21-34(42-27-31-15-8-6-9-16-31)25-33(40)26-38(39)43-28-32-17-10-7-11-18-32/h6-11,15-18,26,29-30,34-39H,12-14,19-25,27-28H2,1-5H3/t30-,34-,35-,36+,37+,38+,39+,40-,41-/m0/s1. The quantitative estimate of drug-likeness (QED) is 0.245. The van der Waals surface area contributed by atoms with E-state index in [1.54, 1.807) is 5.57 Å². The number of fused-ring (bicyclic) bond motifs is 5. The lowest BCUT2D eigenvalue weighted by Gasteiger charge is -2.60. The third-order valence-electron chi connectivity index (χ3n) is 12.9. The molecule has 2 heteroatoms. The first-order chi connectivity index (χ1) is 20.8. The van der Waals surface area contributed by atoms with Gasteiger partial charge in [0.2, 0.25) is 0 Å². The summed E-state index contributed by atoms with van der Waals surface area (Å²) in [7, 11) is 0. The maximum absolute atomic E-state index is 7.02. The molecule has 0 aromatic heterocycles. The second-order valence-electron chi connectivity index (χ2n) is 15.9. The van der Waals surface area contributed by atoms with Gasteiger partial charge in [0.15, 0.2) is 0 Å². The van der Waals surface area contributed by atoms with Crippen molar-refractivity contribution >= 4 is 0 Å². The molecular weight excluding hydrogens is 524 g/mol. The predicted octanol–water partition coefficient (Wildman–Crippen LogP) is 10.8. The minimum absolute atomic E-state index is 0.209. The van der Waals surface area contributed by atoms with Crippen LogP contribution in [0.1, 0.15) is 110 Å². The van der Waals surface area contributed by atoms with Crippen molar-refractivity contribution in [2.24, 2.45) is 46.3 Å². The average Bonchev–Trinajstić information content (AvgIpc) is 3.37. The van der Waals surface area contributed by atoms with Gasteiger partial charge >= 0.3 is 0 Å².